The minimum atomic E-state index is -0.516. The van der Waals surface area contributed by atoms with Gasteiger partial charge in [-0.1, -0.05) is 43.5 Å². The van der Waals surface area contributed by atoms with Crippen molar-refractivity contribution >= 4 is 33.4 Å². The molecule has 2 aliphatic rings. The average Bonchev–Trinajstić information content (AvgIpc) is 3.57. The molecule has 37 heavy (non-hydrogen) atoms. The van der Waals surface area contributed by atoms with Crippen molar-refractivity contribution in [2.45, 2.75) is 63.5 Å². The van der Waals surface area contributed by atoms with Gasteiger partial charge < -0.3 is 16.0 Å². The summed E-state index contributed by atoms with van der Waals surface area (Å²) in [5.41, 5.74) is 8.52. The quantitative estimate of drug-likeness (QED) is 0.413. The minimum absolute atomic E-state index is 0.0707. The highest BCUT2D eigenvalue weighted by Crippen LogP contribution is 2.42. The predicted octanol–water partition coefficient (Wildman–Crippen LogP) is 5.43. The maximum atomic E-state index is 14.1. The molecule has 2 aromatic carbocycles. The molecule has 1 saturated heterocycles. The van der Waals surface area contributed by atoms with Gasteiger partial charge in [0.25, 0.3) is 0 Å². The fourth-order valence-corrected chi connectivity index (χ4v) is 7.38. The van der Waals surface area contributed by atoms with Crippen molar-refractivity contribution < 1.29 is 14.0 Å². The van der Waals surface area contributed by atoms with Crippen LogP contribution in [0.25, 0.3) is 21.3 Å². The fraction of sp³-hybridized carbons (Fsp3) is 0.483. The van der Waals surface area contributed by atoms with E-state index in [2.05, 4.69) is 5.32 Å². The molecule has 3 atom stereocenters. The fourth-order valence-electron chi connectivity index (χ4n) is 6.13. The molecule has 5 rings (SSSR count). The summed E-state index contributed by atoms with van der Waals surface area (Å²) in [5, 5.41) is 3.97. The largest absolute Gasteiger partial charge is 0.368 e. The number of likely N-dealkylation sites (tertiary alicyclic amines) is 1. The van der Waals surface area contributed by atoms with Gasteiger partial charge in [0.15, 0.2) is 0 Å². The topological polar surface area (TPSA) is 88.3 Å². The number of amides is 2. The number of halogens is 1. The Morgan fingerprint density at radius 1 is 1.11 bits per heavy atom. The third-order valence-electron chi connectivity index (χ3n) is 8.13. The average molecular weight is 523 g/mol. The molecule has 3 unspecified atom stereocenters. The number of thiazole rings is 1. The van der Waals surface area contributed by atoms with Gasteiger partial charge in [-0.3, -0.25) is 9.59 Å². The third kappa shape index (κ3) is 5.41. The molecule has 3 aromatic rings. The lowest BCUT2D eigenvalue weighted by atomic mass is 9.76. The van der Waals surface area contributed by atoms with E-state index in [-0.39, 0.29) is 29.6 Å². The smallest absolute Gasteiger partial charge is 0.234 e. The van der Waals surface area contributed by atoms with Gasteiger partial charge in [-0.25, -0.2) is 9.37 Å². The van der Waals surface area contributed by atoms with Crippen molar-refractivity contribution in [3.8, 4) is 11.1 Å². The Bertz CT molecular complexity index is 1250. The van der Waals surface area contributed by atoms with Crippen molar-refractivity contribution in [1.29, 1.82) is 0 Å². The van der Waals surface area contributed by atoms with Crippen LogP contribution in [0.5, 0.6) is 0 Å². The highest BCUT2D eigenvalue weighted by atomic mass is 32.1. The molecule has 0 spiro atoms. The van der Waals surface area contributed by atoms with E-state index in [1.165, 1.54) is 18.6 Å². The van der Waals surface area contributed by atoms with E-state index in [1.807, 2.05) is 23.1 Å². The molecule has 1 aliphatic carbocycles. The predicted molar refractivity (Wildman–Crippen MR) is 145 cm³/mol. The van der Waals surface area contributed by atoms with Crippen molar-refractivity contribution in [3.05, 3.63) is 53.3 Å². The zero-order chi connectivity index (χ0) is 25.9. The maximum absolute atomic E-state index is 14.1. The van der Waals surface area contributed by atoms with E-state index in [4.69, 9.17) is 10.7 Å². The lowest BCUT2D eigenvalue weighted by Gasteiger charge is -2.35. The van der Waals surface area contributed by atoms with Crippen LogP contribution in [-0.4, -0.2) is 41.3 Å². The Balaban J connectivity index is 1.45. The van der Waals surface area contributed by atoms with E-state index in [0.29, 0.717) is 13.0 Å². The van der Waals surface area contributed by atoms with E-state index < -0.39 is 11.9 Å². The van der Waals surface area contributed by atoms with Crippen LogP contribution in [0.4, 0.5) is 4.39 Å². The number of primary amides is 1. The molecular formula is C29H35FN4O2S. The second-order valence-electron chi connectivity index (χ2n) is 10.4. The van der Waals surface area contributed by atoms with Gasteiger partial charge in [-0.2, -0.15) is 0 Å². The minimum Gasteiger partial charge on any atom is -0.368 e. The summed E-state index contributed by atoms with van der Waals surface area (Å²) in [6.07, 6.45) is 7.74. The second-order valence-corrected chi connectivity index (χ2v) is 11.4. The summed E-state index contributed by atoms with van der Waals surface area (Å²) in [4.78, 5) is 33.2. The molecule has 0 bridgehead atoms. The lowest BCUT2D eigenvalue weighted by Crippen LogP contribution is -2.46. The molecule has 2 fully saturated rings. The molecule has 0 radical (unpaired) electrons. The number of hydrogen-bond donors (Lipinski definition) is 2. The monoisotopic (exact) mass is 522 g/mol. The SMILES string of the molecule is CNC(CC(C(=O)N1CCCC1c1nc2cccc(-c3ccc(F)cc3)c2s1)C1CCCCC1)C(N)=O. The van der Waals surface area contributed by atoms with Gasteiger partial charge in [0, 0.05) is 18.0 Å². The Morgan fingerprint density at radius 2 is 1.86 bits per heavy atom. The number of nitrogens with one attached hydrogen (secondary N) is 1. The van der Waals surface area contributed by atoms with Crippen LogP contribution >= 0.6 is 11.3 Å². The normalized spacial score (nSPS) is 20.3. The van der Waals surface area contributed by atoms with Gasteiger partial charge in [0.05, 0.1) is 22.3 Å². The summed E-state index contributed by atoms with van der Waals surface area (Å²) in [7, 11) is 1.73. The van der Waals surface area contributed by atoms with Crippen LogP contribution < -0.4 is 11.1 Å². The number of aromatic nitrogens is 1. The van der Waals surface area contributed by atoms with Gasteiger partial charge >= 0.3 is 0 Å². The van der Waals surface area contributed by atoms with Crippen molar-refractivity contribution in [2.24, 2.45) is 17.6 Å². The Morgan fingerprint density at radius 3 is 2.57 bits per heavy atom. The maximum Gasteiger partial charge on any atom is 0.234 e. The summed E-state index contributed by atoms with van der Waals surface area (Å²) in [5.74, 6) is -0.485. The van der Waals surface area contributed by atoms with E-state index in [0.717, 1.165) is 64.9 Å². The first-order valence-corrected chi connectivity index (χ1v) is 14.2. The Kier molecular flexibility index (Phi) is 7.86. The Labute approximate surface area is 221 Å². The van der Waals surface area contributed by atoms with Crippen molar-refractivity contribution in [3.63, 3.8) is 0 Å². The molecule has 2 amide bonds. The zero-order valence-corrected chi connectivity index (χ0v) is 22.1. The molecule has 6 nitrogen and oxygen atoms in total. The first-order chi connectivity index (χ1) is 18.0. The summed E-state index contributed by atoms with van der Waals surface area (Å²) in [6.45, 7) is 0.703. The molecule has 3 N–H and O–H groups in total. The number of hydrogen-bond acceptors (Lipinski definition) is 5. The third-order valence-corrected chi connectivity index (χ3v) is 9.33. The van der Waals surface area contributed by atoms with Gasteiger partial charge in [0.1, 0.15) is 10.8 Å². The van der Waals surface area contributed by atoms with Crippen LogP contribution in [0.2, 0.25) is 0 Å². The summed E-state index contributed by atoms with van der Waals surface area (Å²) < 4.78 is 14.6. The summed E-state index contributed by atoms with van der Waals surface area (Å²) in [6, 6.07) is 12.0. The van der Waals surface area contributed by atoms with E-state index in [1.54, 1.807) is 30.5 Å². The molecule has 2 heterocycles. The zero-order valence-electron chi connectivity index (χ0n) is 21.3. The molecule has 1 aliphatic heterocycles. The summed E-state index contributed by atoms with van der Waals surface area (Å²) >= 11 is 1.63. The molecule has 1 saturated carbocycles. The highest BCUT2D eigenvalue weighted by Gasteiger charge is 2.40. The standard InChI is InChI=1S/C29H35FN4O2S/c1-32-24(27(31)35)17-22(18-7-3-2-4-8-18)29(36)34-16-6-11-25(34)28-33-23-10-5-9-21(26(23)37-28)19-12-14-20(30)15-13-19/h5,9-10,12-15,18,22,24-25,32H,2-4,6-8,11,16-17H2,1H3,(H2,31,35). The Hall–Kier alpha value is -2.84. The number of nitrogens with two attached hydrogens (primary N) is 1. The first-order valence-electron chi connectivity index (χ1n) is 13.4. The highest BCUT2D eigenvalue weighted by molar-refractivity contribution is 7.19. The van der Waals surface area contributed by atoms with Gasteiger partial charge in [-0.15, -0.1) is 11.3 Å². The lowest BCUT2D eigenvalue weighted by molar-refractivity contribution is -0.139. The molecule has 1 aromatic heterocycles. The number of fused-ring (bicyclic) bond motifs is 1. The van der Waals surface area contributed by atoms with Crippen molar-refractivity contribution in [1.82, 2.24) is 15.2 Å². The van der Waals surface area contributed by atoms with Gasteiger partial charge in [-0.05, 0) is 68.8 Å². The molecule has 196 valence electrons. The first kappa shape index (κ1) is 25.8. The van der Waals surface area contributed by atoms with Crippen LogP contribution in [0.15, 0.2) is 42.5 Å². The van der Waals surface area contributed by atoms with Crippen molar-refractivity contribution in [2.75, 3.05) is 13.6 Å². The van der Waals surface area contributed by atoms with Crippen LogP contribution in [0, 0.1) is 17.7 Å². The number of carbonyl (C=O) groups is 2. The van der Waals surface area contributed by atoms with E-state index in [9.17, 15) is 14.0 Å². The van der Waals surface area contributed by atoms with Crippen LogP contribution in [-0.2, 0) is 9.59 Å². The molecule has 8 heteroatoms. The number of benzene rings is 2. The van der Waals surface area contributed by atoms with Crippen LogP contribution in [0.3, 0.4) is 0 Å². The molecular weight excluding hydrogens is 487 g/mol. The number of carbonyl (C=O) groups excluding carboxylic acids is 2. The second kappa shape index (κ2) is 11.3. The van der Waals surface area contributed by atoms with Gasteiger partial charge in [0.2, 0.25) is 11.8 Å². The van der Waals surface area contributed by atoms with Crippen LogP contribution in [0.1, 0.15) is 62.4 Å². The number of likely N-dealkylation sites (N-methyl/N-ethyl adjacent to an activating group) is 1. The number of nitrogens with zero attached hydrogens (tertiary/aromatic N) is 2. The van der Waals surface area contributed by atoms with E-state index >= 15 is 0 Å². The number of rotatable bonds is 8.